The van der Waals surface area contributed by atoms with E-state index >= 15 is 0 Å². The Labute approximate surface area is 272 Å². The van der Waals surface area contributed by atoms with Crippen LogP contribution in [0, 0.1) is 0 Å². The smallest absolute Gasteiger partial charge is 0.343 e. The molecule has 0 aliphatic carbocycles. The zero-order chi connectivity index (χ0) is 33.4. The third-order valence-corrected chi connectivity index (χ3v) is 7.66. The van der Waals surface area contributed by atoms with Crippen molar-refractivity contribution in [1.29, 1.82) is 0 Å². The number of hydrogen-bond donors (Lipinski definition) is 3. The maximum absolute atomic E-state index is 13.4. The van der Waals surface area contributed by atoms with Gasteiger partial charge in [0.2, 0.25) is 0 Å². The van der Waals surface area contributed by atoms with Gasteiger partial charge >= 0.3 is 17.9 Å². The van der Waals surface area contributed by atoms with Gasteiger partial charge in [-0.3, -0.25) is 0 Å². The van der Waals surface area contributed by atoms with E-state index in [1.165, 1.54) is 36.4 Å². The van der Waals surface area contributed by atoms with Crippen molar-refractivity contribution >= 4 is 50.2 Å². The highest BCUT2D eigenvalue weighted by atomic mass is 16.5. The Balaban J connectivity index is 1.20. The summed E-state index contributed by atoms with van der Waals surface area (Å²) in [5.74, 6) is -1.60. The average molecular weight is 637 g/mol. The van der Waals surface area contributed by atoms with Crippen LogP contribution in [0.1, 0.15) is 31.1 Å². The van der Waals surface area contributed by atoms with E-state index < -0.39 is 17.9 Å². The van der Waals surface area contributed by atoms with E-state index in [2.05, 4.69) is 0 Å². The molecular formula is C39H24O9. The molecule has 0 aliphatic rings. The van der Waals surface area contributed by atoms with Crippen molar-refractivity contribution in [2.75, 3.05) is 0 Å². The number of carbonyl (C=O) groups is 3. The fourth-order valence-electron chi connectivity index (χ4n) is 5.30. The van der Waals surface area contributed by atoms with E-state index in [0.717, 1.165) is 32.3 Å². The topological polar surface area (TPSA) is 140 Å². The largest absolute Gasteiger partial charge is 0.508 e. The highest BCUT2D eigenvalue weighted by molar-refractivity contribution is 6.02. The van der Waals surface area contributed by atoms with Crippen LogP contribution in [0.15, 0.2) is 127 Å². The van der Waals surface area contributed by atoms with Crippen LogP contribution < -0.4 is 14.2 Å². The number of aromatic hydroxyl groups is 3. The third-order valence-electron chi connectivity index (χ3n) is 7.66. The summed E-state index contributed by atoms with van der Waals surface area (Å²) in [5, 5.41) is 33.6. The molecule has 7 rings (SSSR count). The monoisotopic (exact) mass is 636 g/mol. The minimum atomic E-state index is -0.840. The van der Waals surface area contributed by atoms with Gasteiger partial charge in [-0.25, -0.2) is 14.4 Å². The number of rotatable bonds is 6. The Bertz CT molecular complexity index is 2150. The van der Waals surface area contributed by atoms with Crippen molar-refractivity contribution in [3.05, 3.63) is 144 Å². The first-order valence-electron chi connectivity index (χ1n) is 14.7. The summed E-state index contributed by atoms with van der Waals surface area (Å²) in [6.07, 6.45) is 0. The van der Waals surface area contributed by atoms with Gasteiger partial charge in [-0.15, -0.1) is 0 Å². The predicted molar refractivity (Wildman–Crippen MR) is 178 cm³/mol. The van der Waals surface area contributed by atoms with Gasteiger partial charge in [0.1, 0.15) is 34.5 Å². The van der Waals surface area contributed by atoms with Crippen LogP contribution in [-0.2, 0) is 0 Å². The molecule has 9 nitrogen and oxygen atoms in total. The number of ether oxygens (including phenoxy) is 3. The molecule has 7 aromatic carbocycles. The first-order chi connectivity index (χ1) is 23.2. The molecule has 0 aliphatic heterocycles. The molecule has 0 aromatic heterocycles. The second-order valence-corrected chi connectivity index (χ2v) is 11.0. The lowest BCUT2D eigenvalue weighted by molar-refractivity contribution is 0.0734. The highest BCUT2D eigenvalue weighted by Crippen LogP contribution is 2.28. The minimum absolute atomic E-state index is 0.0985. The van der Waals surface area contributed by atoms with Gasteiger partial charge in [0.05, 0.1) is 16.7 Å². The van der Waals surface area contributed by atoms with Gasteiger partial charge in [-0.2, -0.15) is 0 Å². The molecule has 7 aromatic rings. The van der Waals surface area contributed by atoms with Crippen LogP contribution in [0.25, 0.3) is 32.3 Å². The Kier molecular flexibility index (Phi) is 7.54. The molecule has 0 amide bonds. The van der Waals surface area contributed by atoms with Gasteiger partial charge in [0, 0.05) is 0 Å². The number of fused-ring (bicyclic) bond motifs is 3. The molecule has 0 atom stereocenters. The number of phenols is 3. The molecular weight excluding hydrogens is 612 g/mol. The molecule has 0 saturated heterocycles. The maximum Gasteiger partial charge on any atom is 0.343 e. The first-order valence-corrected chi connectivity index (χ1v) is 14.7. The lowest BCUT2D eigenvalue weighted by Crippen LogP contribution is -2.16. The fourth-order valence-corrected chi connectivity index (χ4v) is 5.30. The van der Waals surface area contributed by atoms with Crippen LogP contribution in [0.5, 0.6) is 34.5 Å². The lowest BCUT2D eigenvalue weighted by atomic mass is 10.1. The summed E-state index contributed by atoms with van der Waals surface area (Å²) < 4.78 is 16.8. The van der Waals surface area contributed by atoms with Crippen LogP contribution in [0.3, 0.4) is 0 Å². The molecule has 0 saturated carbocycles. The van der Waals surface area contributed by atoms with Crippen LogP contribution in [0.4, 0.5) is 0 Å². The average Bonchev–Trinajstić information content (AvgIpc) is 3.08. The molecule has 0 unspecified atom stereocenters. The first kappa shape index (κ1) is 29.8. The van der Waals surface area contributed by atoms with Crippen LogP contribution in [0.2, 0.25) is 0 Å². The van der Waals surface area contributed by atoms with Gasteiger partial charge in [0.15, 0.2) is 0 Å². The molecule has 0 radical (unpaired) electrons. The molecule has 3 N–H and O–H groups in total. The van der Waals surface area contributed by atoms with Crippen molar-refractivity contribution in [3.63, 3.8) is 0 Å². The van der Waals surface area contributed by atoms with Gasteiger partial charge in [-0.05, 0) is 123 Å². The van der Waals surface area contributed by atoms with Gasteiger partial charge < -0.3 is 29.5 Å². The number of hydrogen-bond acceptors (Lipinski definition) is 9. The molecule has 48 heavy (non-hydrogen) atoms. The van der Waals surface area contributed by atoms with E-state index in [9.17, 15) is 29.7 Å². The third kappa shape index (κ3) is 6.29. The second kappa shape index (κ2) is 12.1. The molecule has 9 heteroatoms. The van der Waals surface area contributed by atoms with Crippen molar-refractivity contribution in [2.45, 2.75) is 0 Å². The van der Waals surface area contributed by atoms with Gasteiger partial charge in [-0.1, -0.05) is 36.4 Å². The Morgan fingerprint density at radius 2 is 0.583 bits per heavy atom. The number of phenolic OH excluding ortho intramolecular Hbond substituents is 3. The molecule has 0 spiro atoms. The molecule has 0 fully saturated rings. The predicted octanol–water partition coefficient (Wildman–Crippen LogP) is 7.92. The SMILES string of the molecule is O=C(Oc1ccc2cc(O)ccc2c1)c1cc(C(=O)Oc2ccc3cc(O)ccc3c2)cc(C(=O)Oc2ccc3cc(O)ccc3c2)c1. The standard InChI is InChI=1S/C39H24O9/c40-31-7-1-25-19-34(10-4-22(25)16-31)46-37(43)28-13-29(38(44)47-35-11-5-23-17-32(41)8-2-26(23)20-35)15-30(14-28)39(45)48-36-12-6-24-18-33(42)9-3-27(24)21-36/h1-21,40-42H. The lowest BCUT2D eigenvalue weighted by Gasteiger charge is -2.11. The normalized spacial score (nSPS) is 11.0. The Morgan fingerprint density at radius 3 is 0.875 bits per heavy atom. The maximum atomic E-state index is 13.4. The molecule has 0 bridgehead atoms. The summed E-state index contributed by atoms with van der Waals surface area (Å²) in [4.78, 5) is 40.2. The summed E-state index contributed by atoms with van der Waals surface area (Å²) in [7, 11) is 0. The highest BCUT2D eigenvalue weighted by Gasteiger charge is 2.21. The van der Waals surface area contributed by atoms with Crippen molar-refractivity contribution in [2.24, 2.45) is 0 Å². The van der Waals surface area contributed by atoms with E-state index in [1.807, 2.05) is 0 Å². The number of benzene rings is 7. The van der Waals surface area contributed by atoms with E-state index in [0.29, 0.717) is 0 Å². The summed E-state index contributed by atoms with van der Waals surface area (Å²) >= 11 is 0. The van der Waals surface area contributed by atoms with Gasteiger partial charge in [0.25, 0.3) is 0 Å². The van der Waals surface area contributed by atoms with E-state index in [1.54, 1.807) is 91.0 Å². The minimum Gasteiger partial charge on any atom is -0.508 e. The summed E-state index contributed by atoms with van der Waals surface area (Å²) in [5.41, 5.74) is -0.319. The van der Waals surface area contributed by atoms with E-state index in [-0.39, 0.29) is 51.2 Å². The molecule has 234 valence electrons. The molecule has 0 heterocycles. The zero-order valence-electron chi connectivity index (χ0n) is 24.9. The Hall–Kier alpha value is -6.87. The fraction of sp³-hybridized carbons (Fsp3) is 0. The van der Waals surface area contributed by atoms with Crippen LogP contribution in [-0.4, -0.2) is 33.2 Å². The quantitative estimate of drug-likeness (QED) is 0.123. The number of carbonyl (C=O) groups excluding carboxylic acids is 3. The second-order valence-electron chi connectivity index (χ2n) is 11.0. The van der Waals surface area contributed by atoms with Crippen molar-refractivity contribution in [1.82, 2.24) is 0 Å². The summed E-state index contributed by atoms with van der Waals surface area (Å²) in [6.45, 7) is 0. The number of esters is 3. The van der Waals surface area contributed by atoms with Crippen LogP contribution >= 0.6 is 0 Å². The Morgan fingerprint density at radius 1 is 0.333 bits per heavy atom. The zero-order valence-corrected chi connectivity index (χ0v) is 24.9. The van der Waals surface area contributed by atoms with Crippen molar-refractivity contribution < 1.29 is 43.9 Å². The van der Waals surface area contributed by atoms with Crippen molar-refractivity contribution in [3.8, 4) is 34.5 Å². The van der Waals surface area contributed by atoms with E-state index in [4.69, 9.17) is 14.2 Å². The summed E-state index contributed by atoms with van der Waals surface area (Å²) in [6, 6.07) is 32.7.